The minimum Gasteiger partial charge on any atom is -0.378 e. The fraction of sp³-hybridized carbons (Fsp3) is 0.226. The Balaban J connectivity index is 1.41. The van der Waals surface area contributed by atoms with E-state index in [-0.39, 0.29) is 10.7 Å². The predicted octanol–water partition coefficient (Wildman–Crippen LogP) is 6.74. The van der Waals surface area contributed by atoms with Crippen LogP contribution in [-0.4, -0.2) is 41.6 Å². The molecule has 0 saturated carbocycles. The number of hydrogen-bond donors (Lipinski definition) is 1. The van der Waals surface area contributed by atoms with Gasteiger partial charge in [-0.3, -0.25) is 23.7 Å². The van der Waals surface area contributed by atoms with E-state index >= 15 is 0 Å². The van der Waals surface area contributed by atoms with Crippen molar-refractivity contribution in [3.05, 3.63) is 102 Å². The number of nitrogens with one attached hydrogen (secondary N) is 1. The van der Waals surface area contributed by atoms with Gasteiger partial charge in [0.2, 0.25) is 17.7 Å². The van der Waals surface area contributed by atoms with Crippen LogP contribution in [0.1, 0.15) is 21.9 Å². The Morgan fingerprint density at radius 2 is 1.67 bits per heavy atom. The number of benzene rings is 3. The maximum absolute atomic E-state index is 14.0. The first-order chi connectivity index (χ1) is 21.7. The molecule has 3 amide bonds. The number of hydrogen-bond acceptors (Lipinski definition) is 7. The number of amides is 3. The first-order valence-electron chi connectivity index (χ1n) is 13.7. The van der Waals surface area contributed by atoms with Crippen molar-refractivity contribution in [2.24, 2.45) is 5.92 Å². The number of thiazole rings is 1. The molecule has 0 radical (unpaired) electrons. The van der Waals surface area contributed by atoms with E-state index in [9.17, 15) is 32.3 Å². The molecule has 3 atom stereocenters. The molecule has 46 heavy (non-hydrogen) atoms. The Kier molecular flexibility index (Phi) is 8.47. The number of carbonyl (C=O) groups excluding carboxylic acids is 3. The number of rotatable bonds is 6. The molecule has 2 aliphatic rings. The summed E-state index contributed by atoms with van der Waals surface area (Å²) in [5.74, 6) is -3.71. The van der Waals surface area contributed by atoms with Crippen LogP contribution >= 0.6 is 46.3 Å². The highest BCUT2D eigenvalue weighted by atomic mass is 35.5. The third-order valence-electron chi connectivity index (χ3n) is 7.75. The van der Waals surface area contributed by atoms with Crippen molar-refractivity contribution in [1.29, 1.82) is 0 Å². The van der Waals surface area contributed by atoms with Gasteiger partial charge in [-0.1, -0.05) is 64.5 Å². The van der Waals surface area contributed by atoms with Gasteiger partial charge in [0.15, 0.2) is 0 Å². The number of alkyl halides is 3. The SMILES string of the molecule is CN(C)c1ccc(C2c3sc(=O)n(CC(=O)Nc4ccc(Cl)c(Cl)c4)c3SC3C(=O)N(c4cccc(C(F)(F)F)c4)C(=O)C32)cc1. The standard InChI is InChI=1S/C31H23Cl2F3N4O4S2/c1-38(2)18-9-6-15(7-10-18)23-24-25(28(43)40(27(24)42)19-5-3-4-16(12-19)31(34,35)36)45-29-26(23)46-30(44)39(29)14-22(41)37-17-8-11-20(32)21(33)13-17/h3-13,23-25H,14H2,1-2H3,(H,37,41). The lowest BCUT2D eigenvalue weighted by Crippen LogP contribution is -2.33. The molecule has 0 spiro atoms. The van der Waals surface area contributed by atoms with E-state index in [4.69, 9.17) is 23.2 Å². The average molecular weight is 708 g/mol. The van der Waals surface area contributed by atoms with Crippen molar-refractivity contribution >= 4 is 81.1 Å². The summed E-state index contributed by atoms with van der Waals surface area (Å²) in [6.07, 6.45) is -4.68. The Hall–Kier alpha value is -3.78. The number of imide groups is 1. The van der Waals surface area contributed by atoms with Gasteiger partial charge in [0, 0.05) is 36.3 Å². The molecule has 1 fully saturated rings. The summed E-state index contributed by atoms with van der Waals surface area (Å²) >= 11 is 13.9. The van der Waals surface area contributed by atoms with Crippen molar-refractivity contribution in [2.75, 3.05) is 29.2 Å². The quantitative estimate of drug-likeness (QED) is 0.224. The second-order valence-corrected chi connectivity index (χ2v) is 13.8. The van der Waals surface area contributed by atoms with Gasteiger partial charge in [-0.15, -0.1) is 0 Å². The van der Waals surface area contributed by atoms with Gasteiger partial charge in [0.25, 0.3) is 0 Å². The summed E-state index contributed by atoms with van der Waals surface area (Å²) in [7, 11) is 3.73. The molecule has 3 aromatic carbocycles. The van der Waals surface area contributed by atoms with Crippen LogP contribution in [0.5, 0.6) is 0 Å². The number of nitrogens with zero attached hydrogens (tertiary/aromatic N) is 3. The maximum atomic E-state index is 14.0. The molecule has 4 aromatic rings. The fourth-order valence-electron chi connectivity index (χ4n) is 5.59. The number of fused-ring (bicyclic) bond motifs is 2. The van der Waals surface area contributed by atoms with E-state index in [2.05, 4.69) is 5.32 Å². The number of halogens is 5. The third-order valence-corrected chi connectivity index (χ3v) is 11.1. The van der Waals surface area contributed by atoms with E-state index in [1.807, 2.05) is 31.1 Å². The Bertz CT molecular complexity index is 1950. The van der Waals surface area contributed by atoms with Gasteiger partial charge in [-0.25, -0.2) is 4.90 Å². The number of aromatic nitrogens is 1. The molecule has 1 N–H and O–H groups in total. The van der Waals surface area contributed by atoms with Crippen molar-refractivity contribution in [1.82, 2.24) is 4.57 Å². The van der Waals surface area contributed by atoms with Crippen molar-refractivity contribution in [3.8, 4) is 0 Å². The zero-order valence-electron chi connectivity index (χ0n) is 24.0. The van der Waals surface area contributed by atoms with Crippen LogP contribution in [0.25, 0.3) is 0 Å². The van der Waals surface area contributed by atoms with Crippen molar-refractivity contribution in [2.45, 2.75) is 28.9 Å². The van der Waals surface area contributed by atoms with Crippen LogP contribution in [0.3, 0.4) is 0 Å². The molecule has 0 bridgehead atoms. The monoisotopic (exact) mass is 706 g/mol. The van der Waals surface area contributed by atoms with Crippen LogP contribution in [0.4, 0.5) is 30.2 Å². The number of anilines is 3. The summed E-state index contributed by atoms with van der Waals surface area (Å²) in [6.45, 7) is -0.402. The lowest BCUT2D eigenvalue weighted by Gasteiger charge is -2.31. The molecule has 15 heteroatoms. The Morgan fingerprint density at radius 1 is 0.957 bits per heavy atom. The van der Waals surface area contributed by atoms with Crippen LogP contribution < -0.4 is 20.0 Å². The summed E-state index contributed by atoms with van der Waals surface area (Å²) in [6, 6.07) is 15.9. The van der Waals surface area contributed by atoms with Gasteiger partial charge >= 0.3 is 11.0 Å². The summed E-state index contributed by atoms with van der Waals surface area (Å²) in [5, 5.41) is 2.48. The molecule has 1 saturated heterocycles. The van der Waals surface area contributed by atoms with E-state index in [0.29, 0.717) is 26.2 Å². The second kappa shape index (κ2) is 12.1. The summed E-state index contributed by atoms with van der Waals surface area (Å²) in [4.78, 5) is 57.1. The van der Waals surface area contributed by atoms with Gasteiger partial charge in [0.1, 0.15) is 11.8 Å². The van der Waals surface area contributed by atoms with E-state index in [0.717, 1.165) is 51.9 Å². The highest BCUT2D eigenvalue weighted by molar-refractivity contribution is 8.00. The van der Waals surface area contributed by atoms with E-state index < -0.39 is 58.0 Å². The van der Waals surface area contributed by atoms with Crippen molar-refractivity contribution in [3.63, 3.8) is 0 Å². The Morgan fingerprint density at radius 3 is 2.33 bits per heavy atom. The molecule has 8 nitrogen and oxygen atoms in total. The largest absolute Gasteiger partial charge is 0.416 e. The molecule has 6 rings (SSSR count). The lowest BCUT2D eigenvalue weighted by atomic mass is 9.83. The van der Waals surface area contributed by atoms with Crippen LogP contribution in [-0.2, 0) is 27.1 Å². The topological polar surface area (TPSA) is 91.7 Å². The normalized spacial score (nSPS) is 19.2. The molecule has 0 aliphatic carbocycles. The van der Waals surface area contributed by atoms with Gasteiger partial charge in [-0.05, 0) is 54.1 Å². The highest BCUT2D eigenvalue weighted by Crippen LogP contribution is 2.54. The first-order valence-corrected chi connectivity index (χ1v) is 16.2. The fourth-order valence-corrected chi connectivity index (χ4v) is 8.66. The van der Waals surface area contributed by atoms with Gasteiger partial charge < -0.3 is 10.2 Å². The maximum Gasteiger partial charge on any atom is 0.416 e. The summed E-state index contributed by atoms with van der Waals surface area (Å²) < 4.78 is 41.9. The number of carbonyl (C=O) groups is 3. The van der Waals surface area contributed by atoms with Gasteiger partial charge in [0.05, 0.1) is 32.2 Å². The molecule has 1 aromatic heterocycles. The predicted molar refractivity (Wildman–Crippen MR) is 173 cm³/mol. The van der Waals surface area contributed by atoms with Crippen LogP contribution in [0.2, 0.25) is 10.0 Å². The molecule has 3 unspecified atom stereocenters. The molecule has 3 heterocycles. The molecular formula is C31H23Cl2F3N4O4S2. The highest BCUT2D eigenvalue weighted by Gasteiger charge is 2.57. The third kappa shape index (κ3) is 5.81. The van der Waals surface area contributed by atoms with Crippen LogP contribution in [0, 0.1) is 5.92 Å². The molecular weight excluding hydrogens is 684 g/mol. The number of thioether (sulfide) groups is 1. The smallest absolute Gasteiger partial charge is 0.378 e. The van der Waals surface area contributed by atoms with E-state index in [1.165, 1.54) is 22.8 Å². The Labute approximate surface area is 278 Å². The van der Waals surface area contributed by atoms with E-state index in [1.54, 1.807) is 18.2 Å². The molecule has 2 aliphatic heterocycles. The zero-order valence-corrected chi connectivity index (χ0v) is 27.1. The zero-order chi connectivity index (χ0) is 33.1. The van der Waals surface area contributed by atoms with Crippen molar-refractivity contribution < 1.29 is 27.6 Å². The molecule has 238 valence electrons. The minimum absolute atomic E-state index is 0.191. The van der Waals surface area contributed by atoms with Crippen LogP contribution in [0.15, 0.2) is 76.6 Å². The first kappa shape index (κ1) is 32.2. The minimum atomic E-state index is -4.68. The lowest BCUT2D eigenvalue weighted by molar-refractivity contribution is -0.137. The second-order valence-electron chi connectivity index (χ2n) is 10.9. The van der Waals surface area contributed by atoms with Gasteiger partial charge in [-0.2, -0.15) is 13.2 Å². The summed E-state index contributed by atoms with van der Waals surface area (Å²) in [5.41, 5.74) is 0.683. The average Bonchev–Trinajstić information content (AvgIpc) is 3.44.